The number of ether oxygens (including phenoxy) is 2. The molecule has 17 heteroatoms. The van der Waals surface area contributed by atoms with Gasteiger partial charge in [-0.15, -0.1) is 0 Å². The van der Waals surface area contributed by atoms with Gasteiger partial charge in [-0.2, -0.15) is 5.10 Å². The molecule has 3 amide bonds. The second-order valence-corrected chi connectivity index (χ2v) is 18.3. The zero-order chi connectivity index (χ0) is 50.3. The lowest BCUT2D eigenvalue weighted by atomic mass is 9.98. The number of aldehydes is 1. The van der Waals surface area contributed by atoms with Crippen molar-refractivity contribution in [2.75, 3.05) is 20.2 Å². The monoisotopic (exact) mass is 962 g/mol. The number of halogens is 2. The fourth-order valence-electron chi connectivity index (χ4n) is 8.47. The molecule has 364 valence electrons. The average Bonchev–Trinajstić information content (AvgIpc) is 3.87. The zero-order valence-electron chi connectivity index (χ0n) is 40.8. The van der Waals surface area contributed by atoms with Gasteiger partial charge in [0.05, 0.1) is 40.5 Å². The summed E-state index contributed by atoms with van der Waals surface area (Å²) in [6.07, 6.45) is 2.79. The Balaban J connectivity index is 0.000000275. The number of imidazole rings is 1. The highest BCUT2D eigenvalue weighted by Crippen LogP contribution is 2.42. The fraction of sp³-hybridized carbons (Fsp3) is 0.365. The highest BCUT2D eigenvalue weighted by molar-refractivity contribution is 6.35. The number of esters is 1. The summed E-state index contributed by atoms with van der Waals surface area (Å²) in [5.41, 5.74) is 6.80. The maximum atomic E-state index is 14.0. The van der Waals surface area contributed by atoms with E-state index in [0.29, 0.717) is 64.9 Å². The van der Waals surface area contributed by atoms with Crippen LogP contribution in [0.25, 0.3) is 43.8 Å². The number of benzene rings is 4. The first kappa shape index (κ1) is 51.5. The maximum absolute atomic E-state index is 14.0. The van der Waals surface area contributed by atoms with E-state index < -0.39 is 29.4 Å². The second-order valence-electron chi connectivity index (χ2n) is 17.8. The lowest BCUT2D eigenvalue weighted by Gasteiger charge is -2.21. The molecule has 0 saturated heterocycles. The van der Waals surface area contributed by atoms with Gasteiger partial charge in [0.15, 0.2) is 0 Å². The van der Waals surface area contributed by atoms with E-state index in [0.717, 1.165) is 69.0 Å². The van der Waals surface area contributed by atoms with E-state index in [9.17, 15) is 28.4 Å². The number of hydrogen-bond acceptors (Lipinski definition) is 10. The van der Waals surface area contributed by atoms with E-state index >= 15 is 0 Å². The van der Waals surface area contributed by atoms with Crippen molar-refractivity contribution in [3.05, 3.63) is 112 Å². The summed E-state index contributed by atoms with van der Waals surface area (Å²) in [5.74, 6) is -0.904. The summed E-state index contributed by atoms with van der Waals surface area (Å²) in [6, 6.07) is 18.4. The van der Waals surface area contributed by atoms with Crippen LogP contribution in [0.5, 0.6) is 5.75 Å². The second kappa shape index (κ2) is 22.0. The SMILES string of the molecule is CC(=O)NC(=O)C(C)NC(=O)c1cccc2c1nc(C)n2CC=O.CNCCCn1c(C(=O)OC(C)(C)C)c(CCCOc2cccc3cc(F)ccc23)c2ccc(Cl)c(-c3c(C)nn(C)c3C)c21. The molecule has 0 radical (unpaired) electrons. The summed E-state index contributed by atoms with van der Waals surface area (Å²) < 4.78 is 31.7. The zero-order valence-corrected chi connectivity index (χ0v) is 41.6. The summed E-state index contributed by atoms with van der Waals surface area (Å²) in [6.45, 7) is 16.0. The van der Waals surface area contributed by atoms with Gasteiger partial charge >= 0.3 is 5.97 Å². The topological polar surface area (TPSA) is 180 Å². The maximum Gasteiger partial charge on any atom is 0.355 e. The first-order valence-electron chi connectivity index (χ1n) is 22.8. The van der Waals surface area contributed by atoms with Crippen LogP contribution < -0.4 is 20.7 Å². The summed E-state index contributed by atoms with van der Waals surface area (Å²) in [4.78, 5) is 64.2. The van der Waals surface area contributed by atoms with Crippen LogP contribution in [0, 0.1) is 26.6 Å². The van der Waals surface area contributed by atoms with Gasteiger partial charge in [0.1, 0.15) is 46.5 Å². The van der Waals surface area contributed by atoms with E-state index in [1.165, 1.54) is 26.0 Å². The van der Waals surface area contributed by atoms with Crippen molar-refractivity contribution in [3.8, 4) is 16.9 Å². The highest BCUT2D eigenvalue weighted by Gasteiger charge is 2.31. The van der Waals surface area contributed by atoms with Crippen molar-refractivity contribution in [2.24, 2.45) is 7.05 Å². The molecule has 4 aromatic carbocycles. The van der Waals surface area contributed by atoms with Crippen molar-refractivity contribution in [2.45, 2.75) is 99.4 Å². The Bertz CT molecular complexity index is 3070. The number of hydrogen-bond donors (Lipinski definition) is 3. The van der Waals surface area contributed by atoms with E-state index in [4.69, 9.17) is 21.1 Å². The Morgan fingerprint density at radius 3 is 2.33 bits per heavy atom. The van der Waals surface area contributed by atoms with Crippen LogP contribution in [0.1, 0.15) is 91.1 Å². The van der Waals surface area contributed by atoms with Crippen LogP contribution in [0.3, 0.4) is 0 Å². The minimum absolute atomic E-state index is 0.144. The fourth-order valence-corrected chi connectivity index (χ4v) is 8.72. The van der Waals surface area contributed by atoms with Gasteiger partial charge in [-0.05, 0) is 135 Å². The molecule has 1 atom stereocenters. The Morgan fingerprint density at radius 2 is 1.67 bits per heavy atom. The number of carbonyl (C=O) groups is 5. The number of fused-ring (bicyclic) bond motifs is 3. The third kappa shape index (κ3) is 11.7. The highest BCUT2D eigenvalue weighted by atomic mass is 35.5. The van der Waals surface area contributed by atoms with Crippen molar-refractivity contribution < 1.29 is 37.8 Å². The number of nitrogens with one attached hydrogen (secondary N) is 3. The molecule has 7 rings (SSSR count). The predicted molar refractivity (Wildman–Crippen MR) is 266 cm³/mol. The number of rotatable bonds is 16. The summed E-state index contributed by atoms with van der Waals surface area (Å²) >= 11 is 7.00. The number of aromatic nitrogens is 5. The van der Waals surface area contributed by atoms with Gasteiger partial charge < -0.3 is 34.0 Å². The van der Waals surface area contributed by atoms with Crippen LogP contribution in [0.15, 0.2) is 66.7 Å². The molecular formula is C52H60ClFN8O7. The number of imide groups is 1. The Labute approximate surface area is 405 Å². The quantitative estimate of drug-likeness (QED) is 0.0483. The molecule has 0 fully saturated rings. The molecule has 1 unspecified atom stereocenters. The third-order valence-corrected chi connectivity index (χ3v) is 11.9. The van der Waals surface area contributed by atoms with Crippen molar-refractivity contribution in [1.29, 1.82) is 0 Å². The number of para-hydroxylation sites is 1. The molecule has 0 spiro atoms. The van der Waals surface area contributed by atoms with Crippen LogP contribution in [0.2, 0.25) is 5.02 Å². The van der Waals surface area contributed by atoms with E-state index in [1.54, 1.807) is 35.8 Å². The van der Waals surface area contributed by atoms with Crippen LogP contribution >= 0.6 is 11.6 Å². The molecule has 15 nitrogen and oxygen atoms in total. The van der Waals surface area contributed by atoms with Crippen molar-refractivity contribution in [1.82, 2.24) is 39.8 Å². The smallest absolute Gasteiger partial charge is 0.355 e. The first-order chi connectivity index (χ1) is 32.8. The normalized spacial score (nSPS) is 11.9. The van der Waals surface area contributed by atoms with Gasteiger partial charge in [-0.3, -0.25) is 24.4 Å². The minimum Gasteiger partial charge on any atom is -0.493 e. The molecule has 3 aromatic heterocycles. The van der Waals surface area contributed by atoms with E-state index in [2.05, 4.69) is 30.6 Å². The van der Waals surface area contributed by atoms with E-state index in [-0.39, 0.29) is 18.3 Å². The molecule has 69 heavy (non-hydrogen) atoms. The number of amides is 3. The molecule has 0 aliphatic heterocycles. The molecule has 0 aliphatic carbocycles. The standard InChI is InChI=1S/C36H42ClFN4O3.C16H18N4O4/c1-22-31(23(2)41(7)40-22)32-29(37)17-16-28-27(12-9-20-44-30-13-8-11-24-21-25(38)14-15-26(24)30)34(35(43)45-36(3,4)5)42(33(28)32)19-10-18-39-6;1-9(15(23)19-11(3)22)17-16(24)12-5-4-6-13-14(12)18-10(2)20(13)7-8-21/h8,11,13-17,21,39H,9-10,12,18-20H2,1-7H3;4-6,8-9H,7H2,1-3H3,(H,17,24)(H,19,22,23). The molecular weight excluding hydrogens is 903 g/mol. The Hall–Kier alpha value is -6.91. The predicted octanol–water partition coefficient (Wildman–Crippen LogP) is 8.51. The number of aryl methyl sites for hydroxylation is 5. The molecule has 3 N–H and O–H groups in total. The van der Waals surface area contributed by atoms with Gasteiger partial charge in [0.2, 0.25) is 11.8 Å². The number of nitrogens with zero attached hydrogens (tertiary/aromatic N) is 5. The van der Waals surface area contributed by atoms with Gasteiger partial charge in [0.25, 0.3) is 5.91 Å². The van der Waals surface area contributed by atoms with Crippen LogP contribution in [-0.4, -0.2) is 85.7 Å². The molecule has 0 aliphatic rings. The molecule has 0 bridgehead atoms. The lowest BCUT2D eigenvalue weighted by molar-refractivity contribution is -0.130. The average molecular weight is 964 g/mol. The van der Waals surface area contributed by atoms with Crippen molar-refractivity contribution in [3.63, 3.8) is 0 Å². The third-order valence-electron chi connectivity index (χ3n) is 11.6. The van der Waals surface area contributed by atoms with Gasteiger partial charge in [0, 0.05) is 48.1 Å². The van der Waals surface area contributed by atoms with Crippen molar-refractivity contribution >= 4 is 74.3 Å². The Morgan fingerprint density at radius 1 is 0.942 bits per heavy atom. The molecule has 0 saturated carbocycles. The molecule has 3 heterocycles. The van der Waals surface area contributed by atoms with Crippen LogP contribution in [-0.2, 0) is 45.7 Å². The first-order valence-corrected chi connectivity index (χ1v) is 23.2. The largest absolute Gasteiger partial charge is 0.493 e. The minimum atomic E-state index is -0.880. The summed E-state index contributed by atoms with van der Waals surface area (Å²) in [5, 5.41) is 15.8. The van der Waals surface area contributed by atoms with Gasteiger partial charge in [-0.1, -0.05) is 35.9 Å². The summed E-state index contributed by atoms with van der Waals surface area (Å²) in [7, 11) is 3.85. The lowest BCUT2D eigenvalue weighted by Crippen LogP contribution is -2.46. The number of carbonyl (C=O) groups excluding carboxylic acids is 5. The van der Waals surface area contributed by atoms with E-state index in [1.807, 2.05) is 83.7 Å². The van der Waals surface area contributed by atoms with Crippen LogP contribution in [0.4, 0.5) is 4.39 Å². The molecule has 7 aromatic rings. The van der Waals surface area contributed by atoms with Gasteiger partial charge in [-0.25, -0.2) is 14.2 Å². The Kier molecular flexibility index (Phi) is 16.4.